The van der Waals surface area contributed by atoms with Crippen LogP contribution < -0.4 is 10.1 Å². The lowest BCUT2D eigenvalue weighted by Gasteiger charge is -2.17. The van der Waals surface area contributed by atoms with Gasteiger partial charge in [0, 0.05) is 42.1 Å². The van der Waals surface area contributed by atoms with E-state index in [0.717, 1.165) is 21.5 Å². The maximum absolute atomic E-state index is 12.4. The van der Waals surface area contributed by atoms with Gasteiger partial charge in [-0.2, -0.15) is 4.37 Å². The van der Waals surface area contributed by atoms with Crippen LogP contribution in [0.25, 0.3) is 10.9 Å². The molecule has 0 saturated heterocycles. The number of aromatic nitrogens is 2. The number of nitrogens with one attached hydrogen (secondary N) is 1. The van der Waals surface area contributed by atoms with Gasteiger partial charge in [-0.15, -0.1) is 0 Å². The summed E-state index contributed by atoms with van der Waals surface area (Å²) in [4.78, 5) is 15.0. The van der Waals surface area contributed by atoms with Gasteiger partial charge in [-0.25, -0.2) is 4.79 Å². The molecule has 0 radical (unpaired) electrons. The van der Waals surface area contributed by atoms with Gasteiger partial charge in [-0.05, 0) is 29.7 Å². The lowest BCUT2D eigenvalue weighted by molar-refractivity contribution is 0.221. The SMILES string of the molecule is COc1cc(CN(C)C(=O)Nc2cccc3c2ccn3C)sn1. The number of nitrogens with zero attached hydrogens (tertiary/aromatic N) is 3. The second-order valence-electron chi connectivity index (χ2n) is 5.29. The van der Waals surface area contributed by atoms with Crippen molar-refractivity contribution in [3.05, 3.63) is 41.4 Å². The van der Waals surface area contributed by atoms with Gasteiger partial charge in [0.1, 0.15) is 0 Å². The molecule has 2 heterocycles. The Bertz CT molecular complexity index is 840. The van der Waals surface area contributed by atoms with Crippen LogP contribution in [-0.2, 0) is 13.6 Å². The molecular weight excluding hydrogens is 312 g/mol. The third-order valence-electron chi connectivity index (χ3n) is 3.66. The zero-order valence-corrected chi connectivity index (χ0v) is 14.1. The Morgan fingerprint density at radius 2 is 2.26 bits per heavy atom. The van der Waals surface area contributed by atoms with Crippen molar-refractivity contribution >= 4 is 34.2 Å². The zero-order chi connectivity index (χ0) is 16.4. The van der Waals surface area contributed by atoms with Crippen molar-refractivity contribution < 1.29 is 9.53 Å². The molecule has 0 aliphatic carbocycles. The molecule has 7 heteroatoms. The number of urea groups is 1. The minimum atomic E-state index is -0.159. The third-order valence-corrected chi connectivity index (χ3v) is 4.41. The third kappa shape index (κ3) is 3.14. The van der Waals surface area contributed by atoms with Crippen molar-refractivity contribution in [1.82, 2.24) is 13.8 Å². The fourth-order valence-corrected chi connectivity index (χ4v) is 3.13. The van der Waals surface area contributed by atoms with Gasteiger partial charge >= 0.3 is 6.03 Å². The highest BCUT2D eigenvalue weighted by Gasteiger charge is 2.13. The van der Waals surface area contributed by atoms with Gasteiger partial charge in [0.05, 0.1) is 19.3 Å². The van der Waals surface area contributed by atoms with Crippen LogP contribution in [0.1, 0.15) is 4.88 Å². The lowest BCUT2D eigenvalue weighted by atomic mass is 10.2. The average molecular weight is 330 g/mol. The molecule has 0 atom stereocenters. The van der Waals surface area contributed by atoms with Crippen LogP contribution in [0.2, 0.25) is 0 Å². The summed E-state index contributed by atoms with van der Waals surface area (Å²) in [5.74, 6) is 0.577. The number of ether oxygens (including phenoxy) is 1. The van der Waals surface area contributed by atoms with Crippen LogP contribution in [0.3, 0.4) is 0 Å². The molecule has 1 aromatic carbocycles. The van der Waals surface area contributed by atoms with Crippen molar-refractivity contribution in [2.45, 2.75) is 6.54 Å². The molecule has 3 rings (SSSR count). The van der Waals surface area contributed by atoms with E-state index in [2.05, 4.69) is 9.69 Å². The van der Waals surface area contributed by atoms with Gasteiger partial charge in [-0.3, -0.25) is 0 Å². The maximum Gasteiger partial charge on any atom is 0.321 e. The Labute approximate surface area is 138 Å². The first-order valence-electron chi connectivity index (χ1n) is 7.14. The fourth-order valence-electron chi connectivity index (χ4n) is 2.39. The van der Waals surface area contributed by atoms with Gasteiger partial charge < -0.3 is 19.5 Å². The predicted molar refractivity (Wildman–Crippen MR) is 92.1 cm³/mol. The number of amides is 2. The Morgan fingerprint density at radius 1 is 1.43 bits per heavy atom. The molecule has 0 bridgehead atoms. The first-order valence-corrected chi connectivity index (χ1v) is 7.91. The summed E-state index contributed by atoms with van der Waals surface area (Å²) in [6.07, 6.45) is 1.98. The zero-order valence-electron chi connectivity index (χ0n) is 13.2. The lowest BCUT2D eigenvalue weighted by Crippen LogP contribution is -2.30. The molecule has 2 aromatic heterocycles. The van der Waals surface area contributed by atoms with Gasteiger partial charge in [0.25, 0.3) is 0 Å². The molecule has 0 spiro atoms. The van der Waals surface area contributed by atoms with Crippen LogP contribution in [0, 0.1) is 0 Å². The number of carbonyl (C=O) groups excluding carboxylic acids is 1. The van der Waals surface area contributed by atoms with Crippen molar-refractivity contribution in [2.75, 3.05) is 19.5 Å². The van der Waals surface area contributed by atoms with Crippen molar-refractivity contribution in [3.63, 3.8) is 0 Å². The molecular formula is C16H18N4O2S. The average Bonchev–Trinajstić information content (AvgIpc) is 3.15. The molecule has 0 aliphatic rings. The molecule has 0 aliphatic heterocycles. The van der Waals surface area contributed by atoms with E-state index in [0.29, 0.717) is 12.4 Å². The van der Waals surface area contributed by atoms with Gasteiger partial charge in [0.2, 0.25) is 5.88 Å². The summed E-state index contributed by atoms with van der Waals surface area (Å²) >= 11 is 1.33. The van der Waals surface area contributed by atoms with E-state index in [-0.39, 0.29) is 6.03 Å². The van der Waals surface area contributed by atoms with E-state index in [1.165, 1.54) is 11.5 Å². The normalized spacial score (nSPS) is 10.7. The fraction of sp³-hybridized carbons (Fsp3) is 0.250. The molecule has 0 fully saturated rings. The minimum Gasteiger partial charge on any atom is -0.480 e. The highest BCUT2D eigenvalue weighted by atomic mass is 32.1. The van der Waals surface area contributed by atoms with E-state index >= 15 is 0 Å². The molecule has 0 saturated carbocycles. The van der Waals surface area contributed by atoms with E-state index < -0.39 is 0 Å². The number of carbonyl (C=O) groups is 1. The number of benzene rings is 1. The summed E-state index contributed by atoms with van der Waals surface area (Å²) in [7, 11) is 5.32. The monoisotopic (exact) mass is 330 g/mol. The predicted octanol–water partition coefficient (Wildman–Crippen LogP) is 3.31. The maximum atomic E-state index is 12.4. The van der Waals surface area contributed by atoms with Gasteiger partial charge in [0.15, 0.2) is 0 Å². The highest BCUT2D eigenvalue weighted by Crippen LogP contribution is 2.24. The van der Waals surface area contributed by atoms with Crippen molar-refractivity contribution in [1.29, 1.82) is 0 Å². The first kappa shape index (κ1) is 15.4. The number of anilines is 1. The Morgan fingerprint density at radius 3 is 3.00 bits per heavy atom. The summed E-state index contributed by atoms with van der Waals surface area (Å²) < 4.78 is 11.2. The van der Waals surface area contributed by atoms with Crippen molar-refractivity contribution in [3.8, 4) is 5.88 Å². The van der Waals surface area contributed by atoms with E-state index in [1.54, 1.807) is 19.1 Å². The van der Waals surface area contributed by atoms with E-state index in [1.807, 2.05) is 48.1 Å². The van der Waals surface area contributed by atoms with Crippen LogP contribution >= 0.6 is 11.5 Å². The van der Waals surface area contributed by atoms with E-state index in [4.69, 9.17) is 4.74 Å². The van der Waals surface area contributed by atoms with Crippen LogP contribution in [0.4, 0.5) is 10.5 Å². The molecule has 120 valence electrons. The van der Waals surface area contributed by atoms with Crippen LogP contribution in [0.5, 0.6) is 5.88 Å². The molecule has 2 amide bonds. The molecule has 0 unspecified atom stereocenters. The number of aryl methyl sites for hydroxylation is 1. The number of rotatable bonds is 4. The Balaban J connectivity index is 1.72. The smallest absolute Gasteiger partial charge is 0.321 e. The molecule has 6 nitrogen and oxygen atoms in total. The van der Waals surface area contributed by atoms with Crippen LogP contribution in [-0.4, -0.2) is 34.0 Å². The Kier molecular flexibility index (Phi) is 4.20. The second kappa shape index (κ2) is 6.29. The summed E-state index contributed by atoms with van der Waals surface area (Å²) in [6, 6.07) is 9.55. The molecule has 23 heavy (non-hydrogen) atoms. The Hall–Kier alpha value is -2.54. The number of hydrogen-bond donors (Lipinski definition) is 1. The molecule has 3 aromatic rings. The van der Waals surface area contributed by atoms with Crippen LogP contribution in [0.15, 0.2) is 36.5 Å². The van der Waals surface area contributed by atoms with Crippen molar-refractivity contribution in [2.24, 2.45) is 7.05 Å². The standard InChI is InChI=1S/C16H18N4O2S/c1-19-8-7-12-13(5-4-6-14(12)19)17-16(21)20(2)10-11-9-15(22-3)18-23-11/h4-9H,10H2,1-3H3,(H,17,21). The molecule has 1 N–H and O–H groups in total. The minimum absolute atomic E-state index is 0.159. The van der Waals surface area contributed by atoms with Gasteiger partial charge in [-0.1, -0.05) is 6.07 Å². The summed E-state index contributed by atoms with van der Waals surface area (Å²) in [5, 5.41) is 3.99. The quantitative estimate of drug-likeness (QED) is 0.798. The summed E-state index contributed by atoms with van der Waals surface area (Å²) in [5.41, 5.74) is 1.89. The largest absolute Gasteiger partial charge is 0.480 e. The van der Waals surface area contributed by atoms with E-state index in [9.17, 15) is 4.79 Å². The highest BCUT2D eigenvalue weighted by molar-refractivity contribution is 7.05. The summed E-state index contributed by atoms with van der Waals surface area (Å²) in [6.45, 7) is 0.484. The number of fused-ring (bicyclic) bond motifs is 1. The number of hydrogen-bond acceptors (Lipinski definition) is 4. The first-order chi connectivity index (χ1) is 11.1. The second-order valence-corrected chi connectivity index (χ2v) is 6.18. The number of methoxy groups -OCH3 is 1. The topological polar surface area (TPSA) is 59.4 Å².